The quantitative estimate of drug-likeness (QED) is 0.335. The molecule has 1 aliphatic heterocycles. The Labute approximate surface area is 238 Å². The summed E-state index contributed by atoms with van der Waals surface area (Å²) in [6, 6.07) is 16.4. The van der Waals surface area contributed by atoms with E-state index in [1.165, 1.54) is 30.4 Å². The first-order valence-electron chi connectivity index (χ1n) is 12.0. The van der Waals surface area contributed by atoms with Crippen LogP contribution in [0, 0.1) is 0 Å². The van der Waals surface area contributed by atoms with Gasteiger partial charge in [-0.1, -0.05) is 65.7 Å². The van der Waals surface area contributed by atoms with Crippen LogP contribution < -0.4 is 15.0 Å². The van der Waals surface area contributed by atoms with E-state index in [-0.39, 0.29) is 41.2 Å². The van der Waals surface area contributed by atoms with Crippen LogP contribution in [0.4, 0.5) is 5.82 Å². The van der Waals surface area contributed by atoms with Crippen LogP contribution in [0.15, 0.2) is 73.1 Å². The van der Waals surface area contributed by atoms with Crippen molar-refractivity contribution in [1.82, 2.24) is 20.3 Å². The first-order valence-corrected chi connectivity index (χ1v) is 12.8. The molecular weight excluding hydrogens is 557 g/mol. The van der Waals surface area contributed by atoms with Crippen LogP contribution >= 0.6 is 23.2 Å². The van der Waals surface area contributed by atoms with Gasteiger partial charge in [0.05, 0.1) is 22.5 Å². The molecular formula is C28H21Cl2N5O5. The molecule has 0 aliphatic carbocycles. The molecule has 0 spiro atoms. The van der Waals surface area contributed by atoms with Gasteiger partial charge in [-0.15, -0.1) is 0 Å². The molecule has 12 heteroatoms. The molecule has 1 atom stereocenters. The van der Waals surface area contributed by atoms with Gasteiger partial charge in [0, 0.05) is 29.9 Å². The number of fused-ring (bicyclic) bond motifs is 1. The third kappa shape index (κ3) is 5.88. The summed E-state index contributed by atoms with van der Waals surface area (Å²) in [5, 5.41) is 3.31. The number of rotatable bonds is 6. The van der Waals surface area contributed by atoms with Crippen LogP contribution in [-0.4, -0.2) is 52.4 Å². The molecule has 4 aromatic rings. The molecule has 0 fully saturated rings. The molecule has 5 rings (SSSR count). The van der Waals surface area contributed by atoms with E-state index >= 15 is 0 Å². The van der Waals surface area contributed by atoms with Crippen LogP contribution in [0.3, 0.4) is 0 Å². The molecule has 40 heavy (non-hydrogen) atoms. The number of esters is 1. The van der Waals surface area contributed by atoms with Gasteiger partial charge >= 0.3 is 5.97 Å². The van der Waals surface area contributed by atoms with Gasteiger partial charge < -0.3 is 14.8 Å². The standard InChI is InChI=1S/C28H21Cl2N5O5/c1-35-25-22(11-18(12-32-25)28(38)40-14-16-6-3-2-4-7-16)39-15-21(27(35)37)33-26(36)24-31-13-20(30)23(34-24)17-8-5-9-19(29)10-17/h2-13,21H,14-15H2,1H3,(H,33,36). The molecule has 2 aromatic carbocycles. The molecule has 0 radical (unpaired) electrons. The predicted molar refractivity (Wildman–Crippen MR) is 147 cm³/mol. The van der Waals surface area contributed by atoms with Crippen LogP contribution in [0.5, 0.6) is 5.75 Å². The van der Waals surface area contributed by atoms with Crippen molar-refractivity contribution in [3.63, 3.8) is 0 Å². The summed E-state index contributed by atoms with van der Waals surface area (Å²) >= 11 is 12.3. The maximum atomic E-state index is 13.2. The summed E-state index contributed by atoms with van der Waals surface area (Å²) in [5.74, 6) is -1.61. The Morgan fingerprint density at radius 3 is 2.65 bits per heavy atom. The van der Waals surface area contributed by atoms with E-state index in [9.17, 15) is 14.4 Å². The molecule has 3 heterocycles. The van der Waals surface area contributed by atoms with Crippen LogP contribution in [0.25, 0.3) is 11.3 Å². The zero-order valence-electron chi connectivity index (χ0n) is 21.0. The molecule has 0 saturated heterocycles. The Balaban J connectivity index is 1.29. The van der Waals surface area contributed by atoms with E-state index in [0.717, 1.165) is 5.56 Å². The molecule has 0 bridgehead atoms. The van der Waals surface area contributed by atoms with Gasteiger partial charge in [-0.05, 0) is 17.7 Å². The fourth-order valence-electron chi connectivity index (χ4n) is 3.94. The SMILES string of the molecule is CN1C(=O)C(NC(=O)c2ncc(Cl)c(-c3cccc(Cl)c3)n2)COc2cc(C(=O)OCc3ccccc3)cnc21. The first kappa shape index (κ1) is 27.0. The van der Waals surface area contributed by atoms with E-state index in [2.05, 4.69) is 20.3 Å². The first-order chi connectivity index (χ1) is 19.3. The van der Waals surface area contributed by atoms with Gasteiger partial charge in [-0.2, -0.15) is 0 Å². The zero-order valence-corrected chi connectivity index (χ0v) is 22.5. The zero-order chi connectivity index (χ0) is 28.2. The monoisotopic (exact) mass is 577 g/mol. The van der Waals surface area contributed by atoms with Crippen LogP contribution in [0.2, 0.25) is 10.0 Å². The number of carbonyl (C=O) groups excluding carboxylic acids is 3. The average Bonchev–Trinajstić information content (AvgIpc) is 3.08. The van der Waals surface area contributed by atoms with Gasteiger partial charge in [0.1, 0.15) is 19.3 Å². The van der Waals surface area contributed by atoms with Gasteiger partial charge in [-0.25, -0.2) is 19.7 Å². The fraction of sp³-hybridized carbons (Fsp3) is 0.143. The number of benzene rings is 2. The summed E-state index contributed by atoms with van der Waals surface area (Å²) in [7, 11) is 1.49. The summed E-state index contributed by atoms with van der Waals surface area (Å²) in [6.07, 6.45) is 2.60. The lowest BCUT2D eigenvalue weighted by molar-refractivity contribution is -0.120. The van der Waals surface area contributed by atoms with Crippen molar-refractivity contribution in [3.05, 3.63) is 100 Å². The summed E-state index contributed by atoms with van der Waals surface area (Å²) < 4.78 is 11.2. The lowest BCUT2D eigenvalue weighted by Crippen LogP contribution is -2.49. The lowest BCUT2D eigenvalue weighted by Gasteiger charge is -2.19. The number of nitrogens with one attached hydrogen (secondary N) is 1. The van der Waals surface area contributed by atoms with Crippen molar-refractivity contribution >= 4 is 46.8 Å². The Morgan fingerprint density at radius 2 is 1.88 bits per heavy atom. The smallest absolute Gasteiger partial charge is 0.340 e. The molecule has 1 N–H and O–H groups in total. The van der Waals surface area contributed by atoms with Crippen molar-refractivity contribution < 1.29 is 23.9 Å². The van der Waals surface area contributed by atoms with E-state index < -0.39 is 23.8 Å². The van der Waals surface area contributed by atoms with Gasteiger partial charge in [0.15, 0.2) is 11.6 Å². The highest BCUT2D eigenvalue weighted by molar-refractivity contribution is 6.33. The average molecular weight is 578 g/mol. The Hall–Kier alpha value is -4.54. The normalized spacial score (nSPS) is 14.5. The Bertz CT molecular complexity index is 1600. The van der Waals surface area contributed by atoms with E-state index in [0.29, 0.717) is 16.3 Å². The maximum Gasteiger partial charge on any atom is 0.340 e. The van der Waals surface area contributed by atoms with Crippen molar-refractivity contribution in [1.29, 1.82) is 0 Å². The third-order valence-corrected chi connectivity index (χ3v) is 6.50. The molecule has 1 aliphatic rings. The summed E-state index contributed by atoms with van der Waals surface area (Å²) in [5.41, 5.74) is 1.90. The fourth-order valence-corrected chi connectivity index (χ4v) is 4.33. The Kier molecular flexibility index (Phi) is 7.90. The van der Waals surface area contributed by atoms with Crippen molar-refractivity contribution in [3.8, 4) is 17.0 Å². The molecule has 1 unspecified atom stereocenters. The molecule has 10 nitrogen and oxygen atoms in total. The topological polar surface area (TPSA) is 124 Å². The van der Waals surface area contributed by atoms with Crippen molar-refractivity contribution in [2.75, 3.05) is 18.6 Å². The minimum atomic E-state index is -1.09. The van der Waals surface area contributed by atoms with Gasteiger partial charge in [0.2, 0.25) is 5.82 Å². The second-order valence-corrected chi connectivity index (χ2v) is 9.59. The highest BCUT2D eigenvalue weighted by Crippen LogP contribution is 2.30. The predicted octanol–water partition coefficient (Wildman–Crippen LogP) is 4.36. The largest absolute Gasteiger partial charge is 0.487 e. The number of ether oxygens (including phenoxy) is 2. The molecule has 2 amide bonds. The van der Waals surface area contributed by atoms with E-state index in [4.69, 9.17) is 32.7 Å². The second kappa shape index (κ2) is 11.7. The number of aromatic nitrogens is 3. The number of amides is 2. The number of anilines is 1. The highest BCUT2D eigenvalue weighted by atomic mass is 35.5. The molecule has 2 aromatic heterocycles. The second-order valence-electron chi connectivity index (χ2n) is 8.74. The van der Waals surface area contributed by atoms with E-state index in [1.807, 2.05) is 30.3 Å². The van der Waals surface area contributed by atoms with Gasteiger partial charge in [-0.3, -0.25) is 14.5 Å². The number of carbonyl (C=O) groups is 3. The number of hydrogen-bond acceptors (Lipinski definition) is 8. The van der Waals surface area contributed by atoms with Crippen LogP contribution in [0.1, 0.15) is 26.5 Å². The number of likely N-dealkylation sites (N-methyl/N-ethyl adjacent to an activating group) is 1. The Morgan fingerprint density at radius 1 is 1.07 bits per heavy atom. The van der Waals surface area contributed by atoms with Crippen LogP contribution in [-0.2, 0) is 16.1 Å². The lowest BCUT2D eigenvalue weighted by atomic mass is 10.1. The number of hydrogen-bond donors (Lipinski definition) is 1. The minimum absolute atomic E-state index is 0.0932. The minimum Gasteiger partial charge on any atom is -0.487 e. The van der Waals surface area contributed by atoms with Crippen molar-refractivity contribution in [2.45, 2.75) is 12.6 Å². The number of pyridine rings is 1. The van der Waals surface area contributed by atoms with E-state index in [1.54, 1.807) is 24.3 Å². The summed E-state index contributed by atoms with van der Waals surface area (Å²) in [6.45, 7) is -0.128. The van der Waals surface area contributed by atoms with Gasteiger partial charge in [0.25, 0.3) is 11.8 Å². The maximum absolute atomic E-state index is 13.2. The number of nitrogens with zero attached hydrogens (tertiary/aromatic N) is 4. The summed E-state index contributed by atoms with van der Waals surface area (Å²) in [4.78, 5) is 52.6. The highest BCUT2D eigenvalue weighted by Gasteiger charge is 2.33. The number of halogens is 2. The van der Waals surface area contributed by atoms with Crippen molar-refractivity contribution in [2.24, 2.45) is 0 Å². The molecule has 0 saturated carbocycles. The third-order valence-electron chi connectivity index (χ3n) is 5.98. The molecule has 202 valence electrons.